The van der Waals surface area contributed by atoms with E-state index in [-0.39, 0.29) is 23.3 Å². The zero-order valence-electron chi connectivity index (χ0n) is 13.7. The van der Waals surface area contributed by atoms with Crippen LogP contribution in [0.4, 0.5) is 0 Å². The van der Waals surface area contributed by atoms with E-state index in [4.69, 9.17) is 5.73 Å². The largest absolute Gasteiger partial charge is 0.379 e. The Bertz CT molecular complexity index is 867. The van der Waals surface area contributed by atoms with Gasteiger partial charge in [0.2, 0.25) is 0 Å². The third-order valence-electron chi connectivity index (χ3n) is 4.30. The molecule has 0 fully saturated rings. The van der Waals surface area contributed by atoms with E-state index in [1.807, 2.05) is 24.3 Å². The fourth-order valence-electron chi connectivity index (χ4n) is 2.93. The van der Waals surface area contributed by atoms with Crippen LogP contribution in [0.2, 0.25) is 0 Å². The highest BCUT2D eigenvalue weighted by molar-refractivity contribution is 8.13. The molecule has 0 radical (unpaired) electrons. The van der Waals surface area contributed by atoms with Gasteiger partial charge in [0.25, 0.3) is 5.56 Å². The Morgan fingerprint density at radius 3 is 2.92 bits per heavy atom. The van der Waals surface area contributed by atoms with Crippen LogP contribution in [0.25, 0.3) is 0 Å². The molecule has 0 bridgehead atoms. The first-order valence-corrected chi connectivity index (χ1v) is 8.73. The molecule has 1 aromatic heterocycles. The molecule has 1 aromatic carbocycles. The van der Waals surface area contributed by atoms with Crippen molar-refractivity contribution in [3.8, 4) is 0 Å². The van der Waals surface area contributed by atoms with Crippen LogP contribution in [0, 0.1) is 0 Å². The maximum Gasteiger partial charge on any atom is 0.264 e. The smallest absolute Gasteiger partial charge is 0.264 e. The van der Waals surface area contributed by atoms with Gasteiger partial charge in [-0.1, -0.05) is 36.0 Å². The van der Waals surface area contributed by atoms with E-state index >= 15 is 0 Å². The van der Waals surface area contributed by atoms with Crippen molar-refractivity contribution in [1.82, 2.24) is 9.78 Å². The summed E-state index contributed by atoms with van der Waals surface area (Å²) in [5.41, 5.74) is 7.60. The molecule has 2 aromatic rings. The van der Waals surface area contributed by atoms with Crippen molar-refractivity contribution in [2.45, 2.75) is 25.3 Å². The number of aryl methyl sites for hydroxylation is 1. The molecule has 0 spiro atoms. The lowest BCUT2D eigenvalue weighted by atomic mass is 9.88. The third-order valence-corrected chi connectivity index (χ3v) is 5.10. The molecule has 3 rings (SSSR count). The minimum Gasteiger partial charge on any atom is -0.379 e. The fourth-order valence-corrected chi connectivity index (χ4v) is 3.91. The average Bonchev–Trinajstić information content (AvgIpc) is 2.86. The second kappa shape index (κ2) is 6.32. The summed E-state index contributed by atoms with van der Waals surface area (Å²) < 4.78 is 1.46. The molecule has 1 aliphatic rings. The van der Waals surface area contributed by atoms with Gasteiger partial charge < -0.3 is 5.73 Å². The summed E-state index contributed by atoms with van der Waals surface area (Å²) in [6.07, 6.45) is 1.14. The highest BCUT2D eigenvalue weighted by atomic mass is 32.2. The van der Waals surface area contributed by atoms with Gasteiger partial charge in [-0.3, -0.25) is 24.4 Å². The Labute approximate surface area is 144 Å². The van der Waals surface area contributed by atoms with Gasteiger partial charge in [0.1, 0.15) is 5.69 Å². The van der Waals surface area contributed by atoms with Gasteiger partial charge in [-0.15, -0.1) is 0 Å². The number of carbonyl (C=O) groups is 1. The number of aromatic amines is 1. The number of ketones is 1. The standard InChI is InChI=1S/C17H20N4O2S/c1-17(6-7-24-16(18)19-17)12-5-3-4-11(8-12)9-14(22)13-10-15(23)20-21(13)2/h3-5,8,10H,6-7,9H2,1-2H3,(H2,18,19)(H,20,23)/t17-/m0/s1. The lowest BCUT2D eigenvalue weighted by molar-refractivity contribution is 0.0984. The number of thioether (sulfide) groups is 1. The number of H-pyrrole nitrogens is 1. The molecule has 0 saturated carbocycles. The number of nitrogens with one attached hydrogen (secondary N) is 1. The number of carbonyl (C=O) groups excluding carboxylic acids is 1. The number of amidine groups is 1. The third kappa shape index (κ3) is 3.31. The minimum atomic E-state index is -0.352. The molecule has 126 valence electrons. The summed E-state index contributed by atoms with van der Waals surface area (Å²) in [7, 11) is 1.66. The SMILES string of the molecule is Cn1[nH]c(=O)cc1C(=O)Cc1cccc([C@]2(C)CCSC(N)=N2)c1. The second-order valence-electron chi connectivity index (χ2n) is 6.19. The summed E-state index contributed by atoms with van der Waals surface area (Å²) in [5.74, 6) is 0.834. The van der Waals surface area contributed by atoms with Crippen LogP contribution in [0.15, 0.2) is 40.1 Å². The molecule has 24 heavy (non-hydrogen) atoms. The van der Waals surface area contributed by atoms with Gasteiger partial charge in [-0.05, 0) is 24.5 Å². The van der Waals surface area contributed by atoms with E-state index in [9.17, 15) is 9.59 Å². The molecule has 1 aliphatic heterocycles. The van der Waals surface area contributed by atoms with Crippen molar-refractivity contribution in [2.75, 3.05) is 5.75 Å². The van der Waals surface area contributed by atoms with Crippen LogP contribution in [0.1, 0.15) is 35.0 Å². The Morgan fingerprint density at radius 1 is 1.46 bits per heavy atom. The predicted octanol–water partition coefficient (Wildman–Crippen LogP) is 1.81. The topological polar surface area (TPSA) is 93.2 Å². The van der Waals surface area contributed by atoms with Crippen molar-refractivity contribution in [3.63, 3.8) is 0 Å². The molecule has 6 nitrogen and oxygen atoms in total. The highest BCUT2D eigenvalue weighted by Crippen LogP contribution is 2.35. The number of aromatic nitrogens is 2. The van der Waals surface area contributed by atoms with Gasteiger partial charge >= 0.3 is 0 Å². The first-order valence-electron chi connectivity index (χ1n) is 7.74. The van der Waals surface area contributed by atoms with Crippen molar-refractivity contribution < 1.29 is 4.79 Å². The number of aliphatic imine (C=N–C) groups is 1. The fraction of sp³-hybridized carbons (Fsp3) is 0.353. The lowest BCUT2D eigenvalue weighted by Gasteiger charge is -2.30. The van der Waals surface area contributed by atoms with Crippen molar-refractivity contribution >= 4 is 22.7 Å². The normalized spacial score (nSPS) is 20.7. The summed E-state index contributed by atoms with van der Waals surface area (Å²) in [6.45, 7) is 2.07. The molecule has 0 saturated heterocycles. The molecule has 1 atom stereocenters. The number of nitrogens with two attached hydrogens (primary N) is 1. The van der Waals surface area contributed by atoms with Crippen molar-refractivity contribution in [2.24, 2.45) is 17.8 Å². The van der Waals surface area contributed by atoms with Crippen LogP contribution >= 0.6 is 11.8 Å². The molecule has 7 heteroatoms. The van der Waals surface area contributed by atoms with E-state index in [1.165, 1.54) is 10.7 Å². The molecule has 0 aliphatic carbocycles. The molecule has 0 amide bonds. The molecule has 0 unspecified atom stereocenters. The van der Waals surface area contributed by atoms with Gasteiger partial charge in [-0.2, -0.15) is 0 Å². The molecule has 3 N–H and O–H groups in total. The number of rotatable bonds is 4. The van der Waals surface area contributed by atoms with E-state index in [1.54, 1.807) is 18.8 Å². The zero-order chi connectivity index (χ0) is 17.3. The van der Waals surface area contributed by atoms with Crippen LogP contribution in [0.5, 0.6) is 0 Å². The lowest BCUT2D eigenvalue weighted by Crippen LogP contribution is -2.28. The number of Topliss-reactive ketones (excluding diaryl/α,β-unsaturated/α-hetero) is 1. The van der Waals surface area contributed by atoms with Gasteiger partial charge in [0.15, 0.2) is 11.0 Å². The van der Waals surface area contributed by atoms with Gasteiger partial charge in [-0.25, -0.2) is 0 Å². The van der Waals surface area contributed by atoms with Crippen LogP contribution in [-0.2, 0) is 19.0 Å². The maximum atomic E-state index is 12.4. The monoisotopic (exact) mass is 344 g/mol. The van der Waals surface area contributed by atoms with Crippen LogP contribution in [0.3, 0.4) is 0 Å². The summed E-state index contributed by atoms with van der Waals surface area (Å²) in [4.78, 5) is 28.4. The van der Waals surface area contributed by atoms with Crippen LogP contribution < -0.4 is 11.3 Å². The number of hydrogen-bond donors (Lipinski definition) is 2. The van der Waals surface area contributed by atoms with E-state index in [0.29, 0.717) is 10.9 Å². The minimum absolute atomic E-state index is 0.0969. The first kappa shape index (κ1) is 16.6. The number of hydrogen-bond acceptors (Lipinski definition) is 5. The summed E-state index contributed by atoms with van der Waals surface area (Å²) in [6, 6.07) is 9.21. The van der Waals surface area contributed by atoms with E-state index in [0.717, 1.165) is 23.3 Å². The van der Waals surface area contributed by atoms with Gasteiger partial charge in [0.05, 0.1) is 5.54 Å². The number of benzene rings is 1. The quantitative estimate of drug-likeness (QED) is 0.827. The summed E-state index contributed by atoms with van der Waals surface area (Å²) >= 11 is 1.57. The van der Waals surface area contributed by atoms with Gasteiger partial charge in [0, 0.05) is 25.3 Å². The molecule has 2 heterocycles. The Morgan fingerprint density at radius 2 is 2.25 bits per heavy atom. The maximum absolute atomic E-state index is 12.4. The zero-order valence-corrected chi connectivity index (χ0v) is 14.5. The molecular weight excluding hydrogens is 324 g/mol. The molecular formula is C17H20N4O2S. The van der Waals surface area contributed by atoms with Crippen molar-refractivity contribution in [3.05, 3.63) is 57.5 Å². The second-order valence-corrected chi connectivity index (χ2v) is 7.30. The van der Waals surface area contributed by atoms with E-state index < -0.39 is 0 Å². The number of nitrogens with zero attached hydrogens (tertiary/aromatic N) is 2. The highest BCUT2D eigenvalue weighted by Gasteiger charge is 2.29. The Hall–Kier alpha value is -2.28. The first-order chi connectivity index (χ1) is 11.4. The summed E-state index contributed by atoms with van der Waals surface area (Å²) in [5, 5.41) is 3.16. The van der Waals surface area contributed by atoms with Crippen LogP contribution in [-0.4, -0.2) is 26.5 Å². The Kier molecular flexibility index (Phi) is 4.36. The Balaban J connectivity index is 1.86. The van der Waals surface area contributed by atoms with E-state index in [2.05, 4.69) is 17.0 Å². The van der Waals surface area contributed by atoms with Crippen molar-refractivity contribution in [1.29, 1.82) is 0 Å². The average molecular weight is 344 g/mol. The predicted molar refractivity (Wildman–Crippen MR) is 96.6 cm³/mol.